The van der Waals surface area contributed by atoms with Crippen molar-refractivity contribution in [3.63, 3.8) is 0 Å². The van der Waals surface area contributed by atoms with Gasteiger partial charge in [-0.2, -0.15) is 9.99 Å². The maximum absolute atomic E-state index is 10.8. The minimum Gasteiger partial charge on any atom is -0.619 e. The van der Waals surface area contributed by atoms with Crippen LogP contribution in [0.1, 0.15) is 11.7 Å². The summed E-state index contributed by atoms with van der Waals surface area (Å²) in [6.07, 6.45) is 2.25. The lowest BCUT2D eigenvalue weighted by molar-refractivity contribution is -0.605. The van der Waals surface area contributed by atoms with Gasteiger partial charge in [0.2, 0.25) is 0 Å². The van der Waals surface area contributed by atoms with Crippen molar-refractivity contribution in [1.29, 1.82) is 5.26 Å². The number of aromatic nitrogens is 1. The molecule has 0 N–H and O–H groups in total. The molecule has 0 saturated carbocycles. The molecule has 1 saturated heterocycles. The van der Waals surface area contributed by atoms with Crippen LogP contribution in [0.25, 0.3) is 0 Å². The molecule has 0 aliphatic carbocycles. The van der Waals surface area contributed by atoms with Crippen LogP contribution < -0.4 is 4.73 Å². The predicted octanol–water partition coefficient (Wildman–Crippen LogP) is 0.283. The molecule has 1 aliphatic rings. The van der Waals surface area contributed by atoms with Crippen LogP contribution in [0.2, 0.25) is 0 Å². The van der Waals surface area contributed by atoms with Gasteiger partial charge >= 0.3 is 0 Å². The van der Waals surface area contributed by atoms with Crippen LogP contribution >= 0.6 is 0 Å². The first-order chi connectivity index (χ1) is 5.81. The number of ether oxygens (including phenoxy) is 1. The van der Waals surface area contributed by atoms with Crippen molar-refractivity contribution in [2.24, 2.45) is 0 Å². The molecule has 1 aliphatic heterocycles. The third-order valence-corrected chi connectivity index (χ3v) is 1.75. The van der Waals surface area contributed by atoms with E-state index in [2.05, 4.69) is 0 Å². The van der Waals surface area contributed by atoms with Gasteiger partial charge in [0.15, 0.2) is 18.5 Å². The SMILES string of the molecule is N#CC1OC1c1ccc[n+]([O-])c1. The van der Waals surface area contributed by atoms with Crippen LogP contribution in [-0.2, 0) is 4.74 Å². The van der Waals surface area contributed by atoms with Crippen LogP contribution in [0.4, 0.5) is 0 Å². The smallest absolute Gasteiger partial charge is 0.186 e. The van der Waals surface area contributed by atoms with Gasteiger partial charge in [0.25, 0.3) is 0 Å². The fourth-order valence-corrected chi connectivity index (χ4v) is 1.10. The van der Waals surface area contributed by atoms with E-state index in [-0.39, 0.29) is 12.2 Å². The molecule has 2 heterocycles. The number of hydrogen-bond acceptors (Lipinski definition) is 3. The molecule has 4 heteroatoms. The Kier molecular flexibility index (Phi) is 1.45. The van der Waals surface area contributed by atoms with E-state index >= 15 is 0 Å². The quantitative estimate of drug-likeness (QED) is 0.338. The van der Waals surface area contributed by atoms with E-state index in [1.54, 1.807) is 12.1 Å². The van der Waals surface area contributed by atoms with Gasteiger partial charge < -0.3 is 9.94 Å². The second kappa shape index (κ2) is 2.47. The molecule has 0 amide bonds. The van der Waals surface area contributed by atoms with Crippen molar-refractivity contribution >= 4 is 0 Å². The Bertz CT molecular complexity index is 345. The van der Waals surface area contributed by atoms with Crippen molar-refractivity contribution in [2.45, 2.75) is 12.2 Å². The first-order valence-corrected chi connectivity index (χ1v) is 3.55. The second-order valence-electron chi connectivity index (χ2n) is 2.60. The van der Waals surface area contributed by atoms with Crippen molar-refractivity contribution < 1.29 is 9.47 Å². The number of rotatable bonds is 1. The van der Waals surface area contributed by atoms with Crippen LogP contribution in [0.15, 0.2) is 24.5 Å². The van der Waals surface area contributed by atoms with E-state index in [4.69, 9.17) is 10.00 Å². The van der Waals surface area contributed by atoms with Crippen LogP contribution in [-0.4, -0.2) is 6.10 Å². The van der Waals surface area contributed by atoms with E-state index in [1.165, 1.54) is 12.4 Å². The summed E-state index contributed by atoms with van der Waals surface area (Å²) < 4.78 is 5.69. The molecule has 0 aromatic carbocycles. The summed E-state index contributed by atoms with van der Waals surface area (Å²) in [5.41, 5.74) is 0.763. The highest BCUT2D eigenvalue weighted by Crippen LogP contribution is 2.37. The molecular formula is C8H6N2O2. The molecule has 0 bridgehead atoms. The molecule has 12 heavy (non-hydrogen) atoms. The highest BCUT2D eigenvalue weighted by atomic mass is 16.6. The lowest BCUT2D eigenvalue weighted by atomic mass is 10.2. The summed E-state index contributed by atoms with van der Waals surface area (Å²) in [5.74, 6) is 0. The van der Waals surface area contributed by atoms with E-state index in [0.717, 1.165) is 5.56 Å². The topological polar surface area (TPSA) is 63.3 Å². The van der Waals surface area contributed by atoms with Gasteiger partial charge in [0.1, 0.15) is 6.10 Å². The maximum atomic E-state index is 10.8. The highest BCUT2D eigenvalue weighted by Gasteiger charge is 2.41. The zero-order chi connectivity index (χ0) is 8.55. The molecule has 1 aromatic heterocycles. The molecule has 60 valence electrons. The Labute approximate surface area is 69.2 Å². The lowest BCUT2D eigenvalue weighted by Crippen LogP contribution is -2.24. The average molecular weight is 162 g/mol. The third kappa shape index (κ3) is 1.11. The molecular weight excluding hydrogens is 156 g/mol. The van der Waals surface area contributed by atoms with E-state index < -0.39 is 0 Å². The molecule has 0 spiro atoms. The lowest BCUT2D eigenvalue weighted by Gasteiger charge is -1.95. The number of pyridine rings is 1. The Morgan fingerprint density at radius 2 is 2.50 bits per heavy atom. The van der Waals surface area contributed by atoms with E-state index in [1.807, 2.05) is 6.07 Å². The average Bonchev–Trinajstić information content (AvgIpc) is 2.83. The van der Waals surface area contributed by atoms with E-state index in [9.17, 15) is 5.21 Å². The normalized spacial score (nSPS) is 26.2. The summed E-state index contributed by atoms with van der Waals surface area (Å²) >= 11 is 0. The first-order valence-electron chi connectivity index (χ1n) is 3.55. The maximum Gasteiger partial charge on any atom is 0.186 e. The predicted molar refractivity (Wildman–Crippen MR) is 38.6 cm³/mol. The third-order valence-electron chi connectivity index (χ3n) is 1.75. The molecule has 1 fully saturated rings. The monoisotopic (exact) mass is 162 g/mol. The van der Waals surface area contributed by atoms with Gasteiger partial charge in [-0.25, -0.2) is 0 Å². The number of hydrogen-bond donors (Lipinski definition) is 0. The van der Waals surface area contributed by atoms with Gasteiger partial charge in [-0.05, 0) is 6.07 Å². The van der Waals surface area contributed by atoms with Crippen molar-refractivity contribution in [1.82, 2.24) is 0 Å². The summed E-state index contributed by atoms with van der Waals surface area (Å²) in [6, 6.07) is 5.38. The molecule has 2 rings (SSSR count). The Balaban J connectivity index is 2.21. The summed E-state index contributed by atoms with van der Waals surface area (Å²) in [7, 11) is 0. The first kappa shape index (κ1) is 7.07. The van der Waals surface area contributed by atoms with Gasteiger partial charge in [-0.1, -0.05) is 0 Å². The van der Waals surface area contributed by atoms with Crippen LogP contribution in [0, 0.1) is 16.5 Å². The zero-order valence-corrected chi connectivity index (χ0v) is 6.18. The highest BCUT2D eigenvalue weighted by molar-refractivity contribution is 5.20. The molecule has 1 aromatic rings. The Morgan fingerprint density at radius 1 is 1.67 bits per heavy atom. The molecule has 2 atom stereocenters. The second-order valence-corrected chi connectivity index (χ2v) is 2.60. The van der Waals surface area contributed by atoms with Gasteiger partial charge in [0.05, 0.1) is 6.07 Å². The summed E-state index contributed by atoms with van der Waals surface area (Å²) in [5, 5.41) is 19.2. The Hall–Kier alpha value is -1.60. The van der Waals surface area contributed by atoms with E-state index in [0.29, 0.717) is 4.73 Å². The minimum absolute atomic E-state index is 0.198. The van der Waals surface area contributed by atoms with Crippen molar-refractivity contribution in [3.05, 3.63) is 35.3 Å². The fraction of sp³-hybridized carbons (Fsp3) is 0.250. The molecule has 4 nitrogen and oxygen atoms in total. The number of nitriles is 1. The minimum atomic E-state index is -0.368. The van der Waals surface area contributed by atoms with Gasteiger partial charge in [0, 0.05) is 11.6 Å². The molecule has 2 unspecified atom stereocenters. The number of nitrogens with zero attached hydrogens (tertiary/aromatic N) is 2. The Morgan fingerprint density at radius 3 is 3.08 bits per heavy atom. The fourth-order valence-electron chi connectivity index (χ4n) is 1.10. The standard InChI is InChI=1S/C8H6N2O2/c9-4-7-8(12-7)6-2-1-3-10(11)5-6/h1-3,5,7-8H. The largest absolute Gasteiger partial charge is 0.619 e. The number of epoxide rings is 1. The molecule has 0 radical (unpaired) electrons. The van der Waals surface area contributed by atoms with Gasteiger partial charge in [-0.3, -0.25) is 0 Å². The van der Waals surface area contributed by atoms with Gasteiger partial charge in [-0.15, -0.1) is 0 Å². The zero-order valence-electron chi connectivity index (χ0n) is 6.18. The van der Waals surface area contributed by atoms with Crippen LogP contribution in [0.3, 0.4) is 0 Å². The van der Waals surface area contributed by atoms with Crippen molar-refractivity contribution in [2.75, 3.05) is 0 Å². The summed E-state index contributed by atoms with van der Waals surface area (Å²) in [4.78, 5) is 0. The summed E-state index contributed by atoms with van der Waals surface area (Å²) in [6.45, 7) is 0. The van der Waals surface area contributed by atoms with Crippen LogP contribution in [0.5, 0.6) is 0 Å². The van der Waals surface area contributed by atoms with Crippen molar-refractivity contribution in [3.8, 4) is 6.07 Å².